The fraction of sp³-hybridized carbons (Fsp3) is 0.429. The minimum absolute atomic E-state index is 0. The molecule has 9 unspecified atom stereocenters. The van der Waals surface area contributed by atoms with E-state index in [4.69, 9.17) is 0 Å². The van der Waals surface area contributed by atoms with E-state index >= 15 is 0 Å². The summed E-state index contributed by atoms with van der Waals surface area (Å²) in [6, 6.07) is 0. The van der Waals surface area contributed by atoms with E-state index in [1.807, 2.05) is 0 Å². The summed E-state index contributed by atoms with van der Waals surface area (Å²) in [5.41, 5.74) is 0. The molecule has 123 valence electrons. The van der Waals surface area contributed by atoms with Gasteiger partial charge in [0.1, 0.15) is 0 Å². The fourth-order valence-corrected chi connectivity index (χ4v) is 7.88. The second-order valence-corrected chi connectivity index (χ2v) is 9.09. The third kappa shape index (κ3) is 2.58. The van der Waals surface area contributed by atoms with Gasteiger partial charge in [0.25, 0.3) is 0 Å². The van der Waals surface area contributed by atoms with Gasteiger partial charge in [-0.2, -0.15) is 0 Å². The Bertz CT molecular complexity index is 657. The second-order valence-electron chi connectivity index (χ2n) is 7.45. The summed E-state index contributed by atoms with van der Waals surface area (Å²) < 4.78 is 0.882. The van der Waals surface area contributed by atoms with Crippen LogP contribution in [0.15, 0.2) is 72.9 Å². The van der Waals surface area contributed by atoms with E-state index in [1.165, 1.54) is 0 Å². The van der Waals surface area contributed by atoms with Crippen molar-refractivity contribution in [3.63, 3.8) is 0 Å². The maximum atomic E-state index is 2.53. The van der Waals surface area contributed by atoms with Crippen molar-refractivity contribution in [2.75, 3.05) is 0 Å². The molecule has 0 spiro atoms. The van der Waals surface area contributed by atoms with Crippen molar-refractivity contribution in [3.05, 3.63) is 72.9 Å². The van der Waals surface area contributed by atoms with Gasteiger partial charge in [-0.15, -0.1) is 0 Å². The van der Waals surface area contributed by atoms with Gasteiger partial charge >= 0.3 is 149 Å². The normalized spacial score (nSPS) is 48.7. The van der Waals surface area contributed by atoms with E-state index in [0.717, 1.165) is 39.1 Å². The summed E-state index contributed by atoms with van der Waals surface area (Å²) in [6.07, 6.45) is 28.8. The van der Waals surface area contributed by atoms with Crippen molar-refractivity contribution >= 4 is 0 Å². The molecule has 0 radical (unpaired) electrons. The zero-order valence-electron chi connectivity index (χ0n) is 13.4. The van der Waals surface area contributed by atoms with E-state index in [0.29, 0.717) is 11.8 Å². The zero-order valence-corrected chi connectivity index (χ0v) is 17.4. The van der Waals surface area contributed by atoms with Crippen molar-refractivity contribution in [2.45, 2.75) is 3.63 Å². The van der Waals surface area contributed by atoms with Gasteiger partial charge in [0.05, 0.1) is 0 Å². The summed E-state index contributed by atoms with van der Waals surface area (Å²) in [5, 5.41) is 0. The quantitative estimate of drug-likeness (QED) is 0.442. The third-order valence-electron chi connectivity index (χ3n) is 6.72. The monoisotopic (exact) mass is 433 g/mol. The molecule has 0 aromatic heterocycles. The Morgan fingerprint density at radius 3 is 1.25 bits per heavy atom. The molecular formula is C21H21Cl2Zr. The van der Waals surface area contributed by atoms with E-state index in [1.54, 1.807) is 24.7 Å². The zero-order chi connectivity index (χ0) is 14.7. The Morgan fingerprint density at radius 2 is 0.750 bits per heavy atom. The average molecular weight is 436 g/mol. The van der Waals surface area contributed by atoms with Crippen molar-refractivity contribution in [1.29, 1.82) is 0 Å². The Hall–Kier alpha value is -0.0969. The van der Waals surface area contributed by atoms with Gasteiger partial charge in [-0.05, 0) is 0 Å². The van der Waals surface area contributed by atoms with Gasteiger partial charge in [-0.3, -0.25) is 0 Å². The van der Waals surface area contributed by atoms with Gasteiger partial charge < -0.3 is 24.8 Å². The van der Waals surface area contributed by atoms with Crippen LogP contribution in [-0.2, 0) is 24.7 Å². The standard InChI is InChI=1S/C21H21.2ClH.Zr/c1-2-8-15-14(7-1)13-20-18-11-4-3-9-16(18)17-10-5-6-12-19(17)21(15)20;;;/h1-21H;2*1H;/q;;;+2/p-2. The Labute approximate surface area is 172 Å². The molecule has 0 nitrogen and oxygen atoms in total. The van der Waals surface area contributed by atoms with E-state index < -0.39 is 0 Å². The van der Waals surface area contributed by atoms with Crippen LogP contribution in [0, 0.1) is 47.3 Å². The van der Waals surface area contributed by atoms with Crippen LogP contribution in [0.3, 0.4) is 0 Å². The molecule has 2 saturated carbocycles. The molecule has 0 heterocycles. The Morgan fingerprint density at radius 1 is 0.417 bits per heavy atom. The van der Waals surface area contributed by atoms with Crippen LogP contribution >= 0.6 is 0 Å². The molecule has 5 aliphatic rings. The molecule has 0 amide bonds. The summed E-state index contributed by atoms with van der Waals surface area (Å²) in [5.74, 6) is 6.17. The van der Waals surface area contributed by atoms with Gasteiger partial charge in [0.15, 0.2) is 0 Å². The molecule has 5 rings (SSSR count). The number of halogens is 2. The first-order valence-electron chi connectivity index (χ1n) is 8.62. The number of hydrogen-bond acceptors (Lipinski definition) is 0. The predicted molar refractivity (Wildman–Crippen MR) is 86.5 cm³/mol. The topological polar surface area (TPSA) is 0 Å². The first kappa shape index (κ1) is 18.7. The van der Waals surface area contributed by atoms with Crippen LogP contribution in [0.25, 0.3) is 0 Å². The molecule has 5 aliphatic carbocycles. The fourth-order valence-electron chi connectivity index (χ4n) is 5.97. The number of allylic oxidation sites excluding steroid dienone is 12. The van der Waals surface area contributed by atoms with Crippen molar-refractivity contribution in [3.8, 4) is 0 Å². The Kier molecular flexibility index (Phi) is 5.65. The average Bonchev–Trinajstić information content (AvgIpc) is 2.89. The molecule has 0 aromatic rings. The third-order valence-corrected chi connectivity index (χ3v) is 8.61. The summed E-state index contributed by atoms with van der Waals surface area (Å²) in [7, 11) is 0. The van der Waals surface area contributed by atoms with Gasteiger partial charge in [-0.25, -0.2) is 0 Å². The van der Waals surface area contributed by atoms with E-state index in [2.05, 4.69) is 72.9 Å². The van der Waals surface area contributed by atoms with Crippen LogP contribution in [0.5, 0.6) is 0 Å². The van der Waals surface area contributed by atoms with Crippen LogP contribution in [0.1, 0.15) is 0 Å². The number of fused-ring (bicyclic) bond motifs is 8. The second kappa shape index (κ2) is 7.26. The summed E-state index contributed by atoms with van der Waals surface area (Å²) >= 11 is 1.74. The van der Waals surface area contributed by atoms with Gasteiger partial charge in [0, 0.05) is 0 Å². The Balaban J connectivity index is 0.000000845. The molecule has 0 bridgehead atoms. The van der Waals surface area contributed by atoms with Crippen molar-refractivity contribution in [1.82, 2.24) is 0 Å². The molecule has 3 heteroatoms. The van der Waals surface area contributed by atoms with Gasteiger partial charge in [-0.1, -0.05) is 0 Å². The summed E-state index contributed by atoms with van der Waals surface area (Å²) in [4.78, 5) is 0. The van der Waals surface area contributed by atoms with Crippen molar-refractivity contribution < 1.29 is 49.5 Å². The molecule has 0 aromatic carbocycles. The molecule has 0 N–H and O–H groups in total. The van der Waals surface area contributed by atoms with Gasteiger partial charge in [0.2, 0.25) is 0 Å². The van der Waals surface area contributed by atoms with Crippen LogP contribution in [0.2, 0.25) is 3.63 Å². The van der Waals surface area contributed by atoms with Crippen molar-refractivity contribution in [2.24, 2.45) is 47.3 Å². The SMILES string of the molecule is [Cl-].[Cl-].[Zr+2][CH]1C2C=CC=CC2C2C3C=CC=CC3C3C=CC=CC3C12. The molecule has 2 fully saturated rings. The van der Waals surface area contributed by atoms with Crippen LogP contribution in [0.4, 0.5) is 0 Å². The molecule has 24 heavy (non-hydrogen) atoms. The first-order valence-corrected chi connectivity index (χ1v) is 10.0. The minimum atomic E-state index is 0. The van der Waals surface area contributed by atoms with Crippen LogP contribution < -0.4 is 24.8 Å². The molecule has 0 aliphatic heterocycles. The number of hydrogen-bond donors (Lipinski definition) is 0. The van der Waals surface area contributed by atoms with E-state index in [-0.39, 0.29) is 24.8 Å². The molecule has 9 atom stereocenters. The molecular weight excluding hydrogens is 414 g/mol. The maximum absolute atomic E-state index is 2.53. The van der Waals surface area contributed by atoms with E-state index in [9.17, 15) is 0 Å². The van der Waals surface area contributed by atoms with Crippen LogP contribution in [-0.4, -0.2) is 0 Å². The molecule has 0 saturated heterocycles. The predicted octanol–water partition coefficient (Wildman–Crippen LogP) is -1.34. The summed E-state index contributed by atoms with van der Waals surface area (Å²) in [6.45, 7) is 0. The first-order chi connectivity index (χ1) is 10.9. The number of rotatable bonds is 0.